The number of hydrogen-bond acceptors (Lipinski definition) is 3. The third kappa shape index (κ3) is 2.98. The molecule has 0 fully saturated rings. The van der Waals surface area contributed by atoms with Gasteiger partial charge in [-0.3, -0.25) is 9.67 Å². The zero-order valence-electron chi connectivity index (χ0n) is 11.3. The minimum absolute atomic E-state index is 0.307. The Bertz CT molecular complexity index is 765. The molecule has 0 atom stereocenters. The van der Waals surface area contributed by atoms with Crippen LogP contribution < -0.4 is 5.73 Å². The Labute approximate surface area is 128 Å². The minimum atomic E-state index is 0.307. The molecule has 3 rings (SSSR count). The normalized spacial score (nSPS) is 10.5. The summed E-state index contributed by atoms with van der Waals surface area (Å²) >= 11 is 5.03. The number of nitrogens with zero attached hydrogens (tertiary/aromatic N) is 3. The first-order chi connectivity index (χ1) is 10.2. The summed E-state index contributed by atoms with van der Waals surface area (Å²) in [6, 6.07) is 14.0. The van der Waals surface area contributed by atoms with Crippen molar-refractivity contribution in [3.63, 3.8) is 0 Å². The molecule has 0 bridgehead atoms. The highest BCUT2D eigenvalue weighted by Gasteiger charge is 2.08. The van der Waals surface area contributed by atoms with Gasteiger partial charge in [0.2, 0.25) is 0 Å². The summed E-state index contributed by atoms with van der Waals surface area (Å²) in [6.45, 7) is 0.591. The second-order valence-electron chi connectivity index (χ2n) is 4.67. The average Bonchev–Trinajstić information content (AvgIpc) is 2.97. The van der Waals surface area contributed by atoms with Crippen LogP contribution in [-0.4, -0.2) is 19.8 Å². The lowest BCUT2D eigenvalue weighted by Gasteiger charge is -2.06. The molecule has 1 aromatic carbocycles. The summed E-state index contributed by atoms with van der Waals surface area (Å²) in [5.41, 5.74) is 9.55. The van der Waals surface area contributed by atoms with Crippen molar-refractivity contribution in [2.75, 3.05) is 0 Å². The van der Waals surface area contributed by atoms with Crippen molar-refractivity contribution in [1.29, 1.82) is 0 Å². The Morgan fingerprint density at radius 2 is 1.90 bits per heavy atom. The predicted molar refractivity (Wildman–Crippen MR) is 86.9 cm³/mol. The monoisotopic (exact) mass is 294 g/mol. The van der Waals surface area contributed by atoms with E-state index in [2.05, 4.69) is 22.2 Å². The summed E-state index contributed by atoms with van der Waals surface area (Å²) in [5, 5.41) is 4.39. The molecule has 5 heteroatoms. The van der Waals surface area contributed by atoms with E-state index in [4.69, 9.17) is 18.0 Å². The van der Waals surface area contributed by atoms with Crippen LogP contribution in [0.15, 0.2) is 61.1 Å². The van der Waals surface area contributed by atoms with Crippen LogP contribution in [0.3, 0.4) is 0 Å². The molecule has 0 aliphatic heterocycles. The van der Waals surface area contributed by atoms with Gasteiger partial charge in [0.1, 0.15) is 10.7 Å². The highest BCUT2D eigenvalue weighted by Crippen LogP contribution is 2.18. The Morgan fingerprint density at radius 1 is 1.10 bits per heavy atom. The largest absolute Gasteiger partial charge is 0.388 e. The Kier molecular flexibility index (Phi) is 3.75. The van der Waals surface area contributed by atoms with Crippen molar-refractivity contribution in [3.05, 3.63) is 72.3 Å². The van der Waals surface area contributed by atoms with Crippen LogP contribution in [0.4, 0.5) is 0 Å². The maximum atomic E-state index is 5.70. The zero-order chi connectivity index (χ0) is 14.7. The van der Waals surface area contributed by atoms with Crippen LogP contribution >= 0.6 is 12.2 Å². The fraction of sp³-hybridized carbons (Fsp3) is 0.0625. The molecule has 2 heterocycles. The molecule has 0 saturated carbocycles. The quantitative estimate of drug-likeness (QED) is 0.752. The van der Waals surface area contributed by atoms with Crippen LogP contribution in [-0.2, 0) is 6.54 Å². The highest BCUT2D eigenvalue weighted by atomic mass is 32.1. The fourth-order valence-electron chi connectivity index (χ4n) is 2.19. The van der Waals surface area contributed by atoms with Crippen LogP contribution in [0.2, 0.25) is 0 Å². The number of pyridine rings is 1. The van der Waals surface area contributed by atoms with Crippen LogP contribution in [0.25, 0.3) is 11.1 Å². The van der Waals surface area contributed by atoms with E-state index in [0.717, 1.165) is 16.7 Å². The molecule has 104 valence electrons. The van der Waals surface area contributed by atoms with Crippen LogP contribution in [0, 0.1) is 0 Å². The second-order valence-corrected chi connectivity index (χ2v) is 5.11. The number of thiocarbonyl (C=S) groups is 1. The number of aromatic nitrogens is 3. The fourth-order valence-corrected chi connectivity index (χ4v) is 2.38. The standard InChI is InChI=1S/C16H14N4S/c17-16(21)15-13(7-4-8-18-15)10-20-11-14(9-19-20)12-5-2-1-3-6-12/h1-9,11H,10H2,(H2,17,21). The van der Waals surface area contributed by atoms with E-state index in [1.807, 2.05) is 47.4 Å². The molecule has 0 saturated heterocycles. The van der Waals surface area contributed by atoms with Gasteiger partial charge in [0.05, 0.1) is 12.7 Å². The lowest BCUT2D eigenvalue weighted by Crippen LogP contribution is -2.16. The molecular weight excluding hydrogens is 280 g/mol. The summed E-state index contributed by atoms with van der Waals surface area (Å²) in [5.74, 6) is 0. The molecule has 21 heavy (non-hydrogen) atoms. The van der Waals surface area contributed by atoms with Gasteiger partial charge in [-0.1, -0.05) is 48.6 Å². The Balaban J connectivity index is 1.87. The minimum Gasteiger partial charge on any atom is -0.388 e. The van der Waals surface area contributed by atoms with Crippen molar-refractivity contribution in [2.45, 2.75) is 6.54 Å². The first-order valence-corrected chi connectivity index (χ1v) is 6.96. The SMILES string of the molecule is NC(=S)c1ncccc1Cn1cc(-c2ccccc2)cn1. The zero-order valence-corrected chi connectivity index (χ0v) is 12.1. The Hall–Kier alpha value is -2.53. The van der Waals surface area contributed by atoms with Crippen molar-refractivity contribution >= 4 is 17.2 Å². The summed E-state index contributed by atoms with van der Waals surface area (Å²) < 4.78 is 1.86. The van der Waals surface area contributed by atoms with Gasteiger partial charge in [-0.2, -0.15) is 5.10 Å². The van der Waals surface area contributed by atoms with Gasteiger partial charge in [-0.15, -0.1) is 0 Å². The predicted octanol–water partition coefficient (Wildman–Crippen LogP) is 2.63. The molecule has 2 aromatic heterocycles. The number of rotatable bonds is 4. The summed E-state index contributed by atoms with van der Waals surface area (Å²) in [7, 11) is 0. The van der Waals surface area contributed by atoms with Crippen LogP contribution in [0.1, 0.15) is 11.3 Å². The Morgan fingerprint density at radius 3 is 2.67 bits per heavy atom. The van der Waals surface area contributed by atoms with Crippen molar-refractivity contribution in [1.82, 2.24) is 14.8 Å². The summed E-state index contributed by atoms with van der Waals surface area (Å²) in [6.07, 6.45) is 5.55. The van der Waals surface area contributed by atoms with E-state index in [0.29, 0.717) is 17.2 Å². The van der Waals surface area contributed by atoms with Gasteiger partial charge in [-0.25, -0.2) is 0 Å². The molecule has 0 amide bonds. The number of benzene rings is 1. The maximum absolute atomic E-state index is 5.70. The average molecular weight is 294 g/mol. The third-order valence-electron chi connectivity index (χ3n) is 3.20. The van der Waals surface area contributed by atoms with E-state index in [9.17, 15) is 0 Å². The van der Waals surface area contributed by atoms with E-state index in [1.165, 1.54) is 0 Å². The molecule has 2 N–H and O–H groups in total. The second kappa shape index (κ2) is 5.85. The summed E-state index contributed by atoms with van der Waals surface area (Å²) in [4.78, 5) is 4.54. The number of hydrogen-bond donors (Lipinski definition) is 1. The smallest absolute Gasteiger partial charge is 0.123 e. The van der Waals surface area contributed by atoms with Gasteiger partial charge in [0, 0.05) is 23.5 Å². The van der Waals surface area contributed by atoms with Crippen molar-refractivity contribution < 1.29 is 0 Å². The molecule has 3 aromatic rings. The van der Waals surface area contributed by atoms with Crippen molar-refractivity contribution in [2.24, 2.45) is 5.73 Å². The molecular formula is C16H14N4S. The van der Waals surface area contributed by atoms with E-state index >= 15 is 0 Å². The lowest BCUT2D eigenvalue weighted by atomic mass is 10.1. The van der Waals surface area contributed by atoms with Gasteiger partial charge in [0.25, 0.3) is 0 Å². The van der Waals surface area contributed by atoms with Crippen molar-refractivity contribution in [3.8, 4) is 11.1 Å². The van der Waals surface area contributed by atoms with E-state index in [1.54, 1.807) is 6.20 Å². The number of nitrogens with two attached hydrogens (primary N) is 1. The molecule has 0 radical (unpaired) electrons. The molecule has 0 aliphatic rings. The highest BCUT2D eigenvalue weighted by molar-refractivity contribution is 7.80. The van der Waals surface area contributed by atoms with Gasteiger partial charge < -0.3 is 5.73 Å². The van der Waals surface area contributed by atoms with Gasteiger partial charge >= 0.3 is 0 Å². The van der Waals surface area contributed by atoms with Crippen LogP contribution in [0.5, 0.6) is 0 Å². The van der Waals surface area contributed by atoms with Gasteiger partial charge in [-0.05, 0) is 11.6 Å². The molecule has 0 unspecified atom stereocenters. The van der Waals surface area contributed by atoms with E-state index in [-0.39, 0.29) is 0 Å². The first kappa shape index (κ1) is 13.5. The maximum Gasteiger partial charge on any atom is 0.123 e. The first-order valence-electron chi connectivity index (χ1n) is 6.55. The lowest BCUT2D eigenvalue weighted by molar-refractivity contribution is 0.684. The van der Waals surface area contributed by atoms with Gasteiger partial charge in [0.15, 0.2) is 0 Å². The molecule has 0 aliphatic carbocycles. The molecule has 4 nitrogen and oxygen atoms in total. The topological polar surface area (TPSA) is 56.7 Å². The third-order valence-corrected chi connectivity index (χ3v) is 3.39. The van der Waals surface area contributed by atoms with E-state index < -0.39 is 0 Å². The molecule has 0 spiro atoms.